The Balaban J connectivity index is 3.01. The van der Waals surface area contributed by atoms with E-state index in [9.17, 15) is 8.42 Å². The molecule has 0 aromatic heterocycles. The van der Waals surface area contributed by atoms with Crippen molar-refractivity contribution in [3.05, 3.63) is 0 Å². The summed E-state index contributed by atoms with van der Waals surface area (Å²) in [4.78, 5) is 2.14. The van der Waals surface area contributed by atoms with Crippen molar-refractivity contribution in [2.24, 2.45) is 5.73 Å². The number of rotatable bonds is 6. The molecule has 1 fully saturated rings. The van der Waals surface area contributed by atoms with E-state index in [-0.39, 0.29) is 16.7 Å². The zero-order chi connectivity index (χ0) is 13.8. The quantitative estimate of drug-likeness (QED) is 0.800. The zero-order valence-electron chi connectivity index (χ0n) is 11.7. The average molecular weight is 294 g/mol. The van der Waals surface area contributed by atoms with Crippen molar-refractivity contribution >= 4 is 21.6 Å². The van der Waals surface area contributed by atoms with Gasteiger partial charge in [-0.25, -0.2) is 8.42 Å². The summed E-state index contributed by atoms with van der Waals surface area (Å²) in [6, 6.07) is 0. The van der Waals surface area contributed by atoms with Crippen LogP contribution >= 0.6 is 11.8 Å². The summed E-state index contributed by atoms with van der Waals surface area (Å²) in [5, 5.41) is -0.360. The maximum Gasteiger partial charge on any atom is 0.166 e. The van der Waals surface area contributed by atoms with E-state index < -0.39 is 9.84 Å². The lowest BCUT2D eigenvalue weighted by Gasteiger charge is -2.47. The molecule has 18 heavy (non-hydrogen) atoms. The highest BCUT2D eigenvalue weighted by Crippen LogP contribution is 2.30. The van der Waals surface area contributed by atoms with E-state index in [0.717, 1.165) is 25.1 Å². The highest BCUT2D eigenvalue weighted by Gasteiger charge is 2.41. The lowest BCUT2D eigenvalue weighted by molar-refractivity contribution is 0.0961. The monoisotopic (exact) mass is 294 g/mol. The first kappa shape index (κ1) is 16.3. The molecule has 0 saturated carbocycles. The van der Waals surface area contributed by atoms with E-state index >= 15 is 0 Å². The Morgan fingerprint density at radius 3 is 2.61 bits per heavy atom. The van der Waals surface area contributed by atoms with Crippen molar-refractivity contribution in [1.29, 1.82) is 0 Å². The molecule has 0 aromatic carbocycles. The van der Waals surface area contributed by atoms with Crippen molar-refractivity contribution in [2.45, 2.75) is 44.5 Å². The Hall–Kier alpha value is 0.220. The van der Waals surface area contributed by atoms with Gasteiger partial charge in [0.25, 0.3) is 0 Å². The molecule has 108 valence electrons. The summed E-state index contributed by atoms with van der Waals surface area (Å²) in [5.41, 5.74) is 5.74. The van der Waals surface area contributed by atoms with E-state index in [2.05, 4.69) is 18.7 Å². The predicted octanol–water partition coefficient (Wildman–Crippen LogP) is 1.31. The molecule has 0 bridgehead atoms. The van der Waals surface area contributed by atoms with Gasteiger partial charge >= 0.3 is 0 Å². The third-order valence-electron chi connectivity index (χ3n) is 3.82. The number of thioether (sulfide) groups is 1. The molecular formula is C12H26N2O2S2. The second-order valence-corrected chi connectivity index (χ2v) is 8.72. The van der Waals surface area contributed by atoms with Gasteiger partial charge in [0.2, 0.25) is 0 Å². The molecule has 2 N–H and O–H groups in total. The standard InChI is InChI=1S/C12H26N2O2S2/c1-4-6-12(3,10-13)14-7-8-17-9-11(14)18(15,16)5-2/h11H,4-10,13H2,1-3H3. The Morgan fingerprint density at radius 1 is 1.44 bits per heavy atom. The van der Waals surface area contributed by atoms with Crippen LogP contribution in [0.1, 0.15) is 33.6 Å². The van der Waals surface area contributed by atoms with Crippen LogP contribution in [-0.4, -0.2) is 54.6 Å². The van der Waals surface area contributed by atoms with Gasteiger partial charge in [-0.3, -0.25) is 4.90 Å². The minimum absolute atomic E-state index is 0.192. The average Bonchev–Trinajstić information content (AvgIpc) is 2.39. The summed E-state index contributed by atoms with van der Waals surface area (Å²) >= 11 is 1.73. The minimum atomic E-state index is -3.03. The predicted molar refractivity (Wildman–Crippen MR) is 79.6 cm³/mol. The van der Waals surface area contributed by atoms with Crippen LogP contribution in [0.2, 0.25) is 0 Å². The van der Waals surface area contributed by atoms with Crippen molar-refractivity contribution in [3.63, 3.8) is 0 Å². The van der Waals surface area contributed by atoms with Gasteiger partial charge in [0, 0.05) is 35.9 Å². The normalized spacial score (nSPS) is 25.9. The topological polar surface area (TPSA) is 63.4 Å². The van der Waals surface area contributed by atoms with Crippen LogP contribution in [0.15, 0.2) is 0 Å². The number of hydrogen-bond donors (Lipinski definition) is 1. The Kier molecular flexibility index (Phi) is 5.96. The van der Waals surface area contributed by atoms with Crippen LogP contribution in [0.4, 0.5) is 0 Å². The van der Waals surface area contributed by atoms with E-state index in [0.29, 0.717) is 12.3 Å². The van der Waals surface area contributed by atoms with Crippen molar-refractivity contribution < 1.29 is 8.42 Å². The molecule has 0 aromatic rings. The number of sulfone groups is 1. The fourth-order valence-corrected chi connectivity index (χ4v) is 5.71. The van der Waals surface area contributed by atoms with Crippen LogP contribution in [0.25, 0.3) is 0 Å². The van der Waals surface area contributed by atoms with Crippen molar-refractivity contribution in [1.82, 2.24) is 4.90 Å². The lowest BCUT2D eigenvalue weighted by Crippen LogP contribution is -2.61. The fourth-order valence-electron chi connectivity index (χ4n) is 2.59. The molecule has 1 saturated heterocycles. The van der Waals surface area contributed by atoms with E-state index in [4.69, 9.17) is 5.73 Å². The third-order valence-corrected chi connectivity index (χ3v) is 7.11. The zero-order valence-corrected chi connectivity index (χ0v) is 13.3. The van der Waals surface area contributed by atoms with Gasteiger partial charge in [0.1, 0.15) is 5.37 Å². The van der Waals surface area contributed by atoms with E-state index in [1.807, 2.05) is 0 Å². The smallest absolute Gasteiger partial charge is 0.166 e. The van der Waals surface area contributed by atoms with Gasteiger partial charge in [0.15, 0.2) is 9.84 Å². The summed E-state index contributed by atoms with van der Waals surface area (Å²) in [5.74, 6) is 1.88. The Labute approximate surface area is 116 Å². The first-order valence-electron chi connectivity index (χ1n) is 6.67. The molecule has 1 heterocycles. The molecule has 0 radical (unpaired) electrons. The largest absolute Gasteiger partial charge is 0.329 e. The van der Waals surface area contributed by atoms with Gasteiger partial charge in [-0.2, -0.15) is 11.8 Å². The maximum atomic E-state index is 12.2. The van der Waals surface area contributed by atoms with Gasteiger partial charge in [0.05, 0.1) is 0 Å². The summed E-state index contributed by atoms with van der Waals surface area (Å²) in [6.07, 6.45) is 1.97. The molecule has 6 heteroatoms. The molecule has 1 rings (SSSR count). The van der Waals surface area contributed by atoms with Gasteiger partial charge in [-0.1, -0.05) is 20.3 Å². The van der Waals surface area contributed by atoms with Crippen LogP contribution < -0.4 is 5.73 Å². The lowest BCUT2D eigenvalue weighted by atomic mass is 9.94. The highest BCUT2D eigenvalue weighted by molar-refractivity contribution is 8.01. The second kappa shape index (κ2) is 6.59. The minimum Gasteiger partial charge on any atom is -0.329 e. The Morgan fingerprint density at radius 2 is 2.11 bits per heavy atom. The molecule has 1 aliphatic rings. The molecular weight excluding hydrogens is 268 g/mol. The number of nitrogens with two attached hydrogens (primary N) is 1. The second-order valence-electron chi connectivity index (χ2n) is 5.13. The van der Waals surface area contributed by atoms with Crippen LogP contribution in [0, 0.1) is 0 Å². The molecule has 0 aliphatic carbocycles. The SMILES string of the molecule is CCCC(C)(CN)N1CCSCC1S(=O)(=O)CC. The van der Waals surface area contributed by atoms with Crippen molar-refractivity contribution in [3.8, 4) is 0 Å². The number of hydrogen-bond acceptors (Lipinski definition) is 5. The van der Waals surface area contributed by atoms with Crippen LogP contribution in [-0.2, 0) is 9.84 Å². The highest BCUT2D eigenvalue weighted by atomic mass is 32.2. The summed E-state index contributed by atoms with van der Waals surface area (Å²) in [6.45, 7) is 7.29. The molecule has 0 amide bonds. The molecule has 2 unspecified atom stereocenters. The first-order valence-corrected chi connectivity index (χ1v) is 9.54. The summed E-state index contributed by atoms with van der Waals surface area (Å²) < 4.78 is 24.5. The maximum absolute atomic E-state index is 12.2. The molecule has 1 aliphatic heterocycles. The third kappa shape index (κ3) is 3.40. The number of nitrogens with zero attached hydrogens (tertiary/aromatic N) is 1. The molecule has 4 nitrogen and oxygen atoms in total. The van der Waals surface area contributed by atoms with E-state index in [1.54, 1.807) is 18.7 Å². The fraction of sp³-hybridized carbons (Fsp3) is 1.00. The van der Waals surface area contributed by atoms with Crippen LogP contribution in [0.3, 0.4) is 0 Å². The van der Waals surface area contributed by atoms with Crippen LogP contribution in [0.5, 0.6) is 0 Å². The molecule has 0 spiro atoms. The Bertz CT molecular complexity index is 359. The first-order chi connectivity index (χ1) is 8.41. The van der Waals surface area contributed by atoms with Gasteiger partial charge in [-0.05, 0) is 13.3 Å². The van der Waals surface area contributed by atoms with Gasteiger partial charge in [-0.15, -0.1) is 0 Å². The van der Waals surface area contributed by atoms with E-state index in [1.165, 1.54) is 0 Å². The van der Waals surface area contributed by atoms with Gasteiger partial charge < -0.3 is 5.73 Å². The van der Waals surface area contributed by atoms with Crippen molar-refractivity contribution in [2.75, 3.05) is 30.3 Å². The summed E-state index contributed by atoms with van der Waals surface area (Å²) in [7, 11) is -3.03. The molecule has 2 atom stereocenters.